The Morgan fingerprint density at radius 3 is 3.20 bits per heavy atom. The fourth-order valence-corrected chi connectivity index (χ4v) is 1.41. The number of hydrogen-bond donors (Lipinski definition) is 0. The number of carbonyl (C=O) groups excluding carboxylic acids is 1. The third kappa shape index (κ3) is 0.670. The molecule has 1 unspecified atom stereocenters. The molecule has 0 amide bonds. The molecular formula is C9H8O. The van der Waals surface area contributed by atoms with Gasteiger partial charge in [0.25, 0.3) is 0 Å². The summed E-state index contributed by atoms with van der Waals surface area (Å²) in [6, 6.07) is 0. The van der Waals surface area contributed by atoms with Crippen LogP contribution >= 0.6 is 0 Å². The van der Waals surface area contributed by atoms with Gasteiger partial charge in [0.15, 0.2) is 5.78 Å². The Morgan fingerprint density at radius 2 is 2.40 bits per heavy atom. The maximum Gasteiger partial charge on any atom is 0.182 e. The van der Waals surface area contributed by atoms with Crippen LogP contribution in [0.15, 0.2) is 36.0 Å². The van der Waals surface area contributed by atoms with E-state index in [1.807, 2.05) is 18.2 Å². The van der Waals surface area contributed by atoms with Crippen LogP contribution in [-0.4, -0.2) is 5.78 Å². The summed E-state index contributed by atoms with van der Waals surface area (Å²) < 4.78 is 0. The largest absolute Gasteiger partial charge is 0.290 e. The molecule has 1 nitrogen and oxygen atoms in total. The molecule has 2 aliphatic carbocycles. The van der Waals surface area contributed by atoms with Gasteiger partial charge in [-0.1, -0.05) is 24.3 Å². The molecule has 0 fully saturated rings. The van der Waals surface area contributed by atoms with E-state index in [-0.39, 0.29) is 5.78 Å². The van der Waals surface area contributed by atoms with Crippen LogP contribution < -0.4 is 0 Å². The van der Waals surface area contributed by atoms with Crippen LogP contribution in [0.2, 0.25) is 0 Å². The minimum absolute atomic E-state index is 0.182. The third-order valence-electron chi connectivity index (χ3n) is 1.96. The van der Waals surface area contributed by atoms with Gasteiger partial charge in [0, 0.05) is 11.5 Å². The van der Waals surface area contributed by atoms with Gasteiger partial charge in [-0.25, -0.2) is 0 Å². The van der Waals surface area contributed by atoms with Gasteiger partial charge in [0.05, 0.1) is 0 Å². The molecule has 0 radical (unpaired) electrons. The number of fused-ring (bicyclic) bond motifs is 1. The molecule has 2 aliphatic rings. The van der Waals surface area contributed by atoms with E-state index in [1.165, 1.54) is 0 Å². The van der Waals surface area contributed by atoms with Crippen LogP contribution in [0, 0.1) is 5.92 Å². The molecule has 0 aromatic rings. The minimum Gasteiger partial charge on any atom is -0.290 e. The summed E-state index contributed by atoms with van der Waals surface area (Å²) in [7, 11) is 0. The van der Waals surface area contributed by atoms with Crippen LogP contribution in [0.1, 0.15) is 6.42 Å². The number of allylic oxidation sites excluding steroid dienone is 6. The second kappa shape index (κ2) is 1.94. The predicted molar refractivity (Wildman–Crippen MR) is 39.5 cm³/mol. The van der Waals surface area contributed by atoms with E-state index in [4.69, 9.17) is 0 Å². The lowest BCUT2D eigenvalue weighted by Crippen LogP contribution is -2.10. The second-order valence-corrected chi connectivity index (χ2v) is 2.62. The molecule has 1 heteroatoms. The minimum atomic E-state index is 0.182. The third-order valence-corrected chi connectivity index (χ3v) is 1.96. The van der Waals surface area contributed by atoms with Crippen molar-refractivity contribution >= 4 is 5.78 Å². The van der Waals surface area contributed by atoms with Crippen LogP contribution in [0.4, 0.5) is 0 Å². The highest BCUT2D eigenvalue weighted by molar-refractivity contribution is 6.06. The molecule has 0 bridgehead atoms. The SMILES string of the molecule is O=C1C=CCC2C=CC=C12. The van der Waals surface area contributed by atoms with Crippen LogP contribution in [0.3, 0.4) is 0 Å². The van der Waals surface area contributed by atoms with Crippen LogP contribution in [0.25, 0.3) is 0 Å². The van der Waals surface area contributed by atoms with Crippen molar-refractivity contribution in [2.75, 3.05) is 0 Å². The van der Waals surface area contributed by atoms with Gasteiger partial charge in [0.2, 0.25) is 0 Å². The maximum absolute atomic E-state index is 11.1. The fraction of sp³-hybridized carbons (Fsp3) is 0.222. The van der Waals surface area contributed by atoms with E-state index in [1.54, 1.807) is 6.08 Å². The number of carbonyl (C=O) groups is 1. The average Bonchev–Trinajstić information content (AvgIpc) is 2.36. The van der Waals surface area contributed by atoms with Crippen LogP contribution in [0.5, 0.6) is 0 Å². The molecule has 10 heavy (non-hydrogen) atoms. The first-order valence-corrected chi connectivity index (χ1v) is 3.47. The number of ketones is 1. The highest BCUT2D eigenvalue weighted by atomic mass is 16.1. The lowest BCUT2D eigenvalue weighted by molar-refractivity contribution is -0.111. The van der Waals surface area contributed by atoms with Gasteiger partial charge in [-0.2, -0.15) is 0 Å². The van der Waals surface area contributed by atoms with E-state index in [9.17, 15) is 4.79 Å². The summed E-state index contributed by atoms with van der Waals surface area (Å²) >= 11 is 0. The molecule has 1 atom stereocenters. The van der Waals surface area contributed by atoms with E-state index in [0.717, 1.165) is 12.0 Å². The first kappa shape index (κ1) is 5.66. The first-order valence-electron chi connectivity index (χ1n) is 3.47. The van der Waals surface area contributed by atoms with Crippen molar-refractivity contribution in [3.05, 3.63) is 36.0 Å². The Morgan fingerprint density at radius 1 is 1.50 bits per heavy atom. The Kier molecular flexibility index (Phi) is 1.10. The summed E-state index contributed by atoms with van der Waals surface area (Å²) in [6.07, 6.45) is 10.6. The van der Waals surface area contributed by atoms with Gasteiger partial charge < -0.3 is 0 Å². The van der Waals surface area contributed by atoms with Gasteiger partial charge in [-0.15, -0.1) is 0 Å². The van der Waals surface area contributed by atoms with E-state index < -0.39 is 0 Å². The Labute approximate surface area is 59.7 Å². The van der Waals surface area contributed by atoms with Crippen molar-refractivity contribution < 1.29 is 4.79 Å². The zero-order chi connectivity index (χ0) is 6.97. The van der Waals surface area contributed by atoms with Crippen molar-refractivity contribution in [3.63, 3.8) is 0 Å². The number of rotatable bonds is 0. The molecular weight excluding hydrogens is 124 g/mol. The molecule has 50 valence electrons. The summed E-state index contributed by atoms with van der Waals surface area (Å²) in [5.41, 5.74) is 0.961. The second-order valence-electron chi connectivity index (χ2n) is 2.62. The van der Waals surface area contributed by atoms with E-state index >= 15 is 0 Å². The topological polar surface area (TPSA) is 17.1 Å². The summed E-state index contributed by atoms with van der Waals surface area (Å²) in [5, 5.41) is 0. The van der Waals surface area contributed by atoms with Gasteiger partial charge in [-0.3, -0.25) is 4.79 Å². The molecule has 0 N–H and O–H groups in total. The van der Waals surface area contributed by atoms with Crippen molar-refractivity contribution in [2.45, 2.75) is 6.42 Å². The van der Waals surface area contributed by atoms with Crippen LogP contribution in [-0.2, 0) is 4.79 Å². The molecule has 0 spiro atoms. The summed E-state index contributed by atoms with van der Waals surface area (Å²) in [5.74, 6) is 0.568. The lowest BCUT2D eigenvalue weighted by Gasteiger charge is -2.12. The van der Waals surface area contributed by atoms with Gasteiger partial charge in [0.1, 0.15) is 0 Å². The molecule has 0 saturated heterocycles. The monoisotopic (exact) mass is 132 g/mol. The molecule has 0 heterocycles. The standard InChI is InChI=1S/C9H8O/c10-9-6-2-4-7-3-1-5-8(7)9/h1-3,5-7H,4H2. The van der Waals surface area contributed by atoms with Crippen molar-refractivity contribution in [3.8, 4) is 0 Å². The normalized spacial score (nSPS) is 28.6. The van der Waals surface area contributed by atoms with E-state index in [0.29, 0.717) is 5.92 Å². The van der Waals surface area contributed by atoms with Crippen molar-refractivity contribution in [1.82, 2.24) is 0 Å². The highest BCUT2D eigenvalue weighted by Crippen LogP contribution is 2.27. The fourth-order valence-electron chi connectivity index (χ4n) is 1.41. The zero-order valence-electron chi connectivity index (χ0n) is 5.58. The lowest BCUT2D eigenvalue weighted by atomic mass is 9.91. The Bertz CT molecular complexity index is 256. The summed E-state index contributed by atoms with van der Waals surface area (Å²) in [6.45, 7) is 0. The maximum atomic E-state index is 11.1. The number of hydrogen-bond acceptors (Lipinski definition) is 1. The first-order chi connectivity index (χ1) is 4.88. The van der Waals surface area contributed by atoms with Gasteiger partial charge >= 0.3 is 0 Å². The summed E-state index contributed by atoms with van der Waals surface area (Å²) in [4.78, 5) is 11.1. The Balaban J connectivity index is 2.40. The molecule has 0 aliphatic heterocycles. The quantitative estimate of drug-likeness (QED) is 0.489. The van der Waals surface area contributed by atoms with Crippen molar-refractivity contribution in [1.29, 1.82) is 0 Å². The van der Waals surface area contributed by atoms with E-state index in [2.05, 4.69) is 6.08 Å². The van der Waals surface area contributed by atoms with Gasteiger partial charge in [-0.05, 0) is 12.5 Å². The molecule has 2 rings (SSSR count). The molecule has 0 saturated carbocycles. The smallest absolute Gasteiger partial charge is 0.182 e. The highest BCUT2D eigenvalue weighted by Gasteiger charge is 2.21. The zero-order valence-corrected chi connectivity index (χ0v) is 5.58. The Hall–Kier alpha value is -1.11. The van der Waals surface area contributed by atoms with Crippen molar-refractivity contribution in [2.24, 2.45) is 5.92 Å². The average molecular weight is 132 g/mol. The molecule has 0 aromatic carbocycles. The molecule has 0 aromatic heterocycles. The predicted octanol–water partition coefficient (Wildman–Crippen LogP) is 1.63.